The topological polar surface area (TPSA) is 41.6 Å². The largest absolute Gasteiger partial charge is 0.464 e. The summed E-state index contributed by atoms with van der Waals surface area (Å²) in [6, 6.07) is 0. The molecule has 1 N–H and O–H groups in total. The van der Waals surface area contributed by atoms with E-state index in [4.69, 9.17) is 4.74 Å². The van der Waals surface area contributed by atoms with Gasteiger partial charge in [0.1, 0.15) is 6.61 Å². The number of ether oxygens (including phenoxy) is 1. The van der Waals surface area contributed by atoms with Crippen molar-refractivity contribution in [2.24, 2.45) is 0 Å². The lowest BCUT2D eigenvalue weighted by Gasteiger charge is -2.26. The molecule has 0 aromatic rings. The van der Waals surface area contributed by atoms with Gasteiger partial charge in [0.05, 0.1) is 0 Å². The Morgan fingerprint density at radius 1 is 1.29 bits per heavy atom. The van der Waals surface area contributed by atoms with E-state index in [0.717, 1.165) is 52.0 Å². The molecule has 1 aliphatic heterocycles. The number of carbonyl (C=O) groups excluding carboxylic acids is 1. The average Bonchev–Trinajstić information content (AvgIpc) is 2.31. The second-order valence-corrected chi connectivity index (χ2v) is 4.27. The lowest BCUT2D eigenvalue weighted by atomic mass is 10.2. The van der Waals surface area contributed by atoms with Crippen LogP contribution in [-0.4, -0.2) is 50.2 Å². The Morgan fingerprint density at radius 2 is 2.00 bits per heavy atom. The first kappa shape index (κ1) is 16.7. The molecule has 4 nitrogen and oxygen atoms in total. The monoisotopic (exact) mass is 264 g/mol. The fraction of sp³-hybridized carbons (Fsp3) is 0.917. The van der Waals surface area contributed by atoms with Gasteiger partial charge in [0.25, 0.3) is 0 Å². The molecular weight excluding hydrogens is 240 g/mol. The summed E-state index contributed by atoms with van der Waals surface area (Å²) >= 11 is 0. The van der Waals surface area contributed by atoms with Crippen molar-refractivity contribution >= 4 is 18.4 Å². The number of piperazine rings is 1. The highest BCUT2D eigenvalue weighted by molar-refractivity contribution is 5.85. The zero-order chi connectivity index (χ0) is 11.6. The maximum absolute atomic E-state index is 11.3. The SMILES string of the molecule is CCCCCC(=O)OCCN1CCNCC1.Cl. The van der Waals surface area contributed by atoms with E-state index < -0.39 is 0 Å². The minimum Gasteiger partial charge on any atom is -0.464 e. The standard InChI is InChI=1S/C12H24N2O2.ClH/c1-2-3-4-5-12(15)16-11-10-14-8-6-13-7-9-14;/h13H,2-11H2,1H3;1H. The van der Waals surface area contributed by atoms with Crippen LogP contribution in [0.5, 0.6) is 0 Å². The van der Waals surface area contributed by atoms with Crippen LogP contribution in [0.4, 0.5) is 0 Å². The number of unbranched alkanes of at least 4 members (excludes halogenated alkanes) is 2. The molecule has 1 heterocycles. The number of carbonyl (C=O) groups is 1. The quantitative estimate of drug-likeness (QED) is 0.558. The predicted molar refractivity (Wildman–Crippen MR) is 71.7 cm³/mol. The Morgan fingerprint density at radius 3 is 2.65 bits per heavy atom. The highest BCUT2D eigenvalue weighted by Gasteiger charge is 2.09. The van der Waals surface area contributed by atoms with Gasteiger partial charge in [-0.1, -0.05) is 19.8 Å². The number of hydrogen-bond donors (Lipinski definition) is 1. The van der Waals surface area contributed by atoms with Gasteiger partial charge in [0.2, 0.25) is 0 Å². The predicted octanol–water partition coefficient (Wildman–Crippen LogP) is 1.44. The van der Waals surface area contributed by atoms with E-state index in [1.807, 2.05) is 0 Å². The summed E-state index contributed by atoms with van der Waals surface area (Å²) in [7, 11) is 0. The molecule has 1 saturated heterocycles. The van der Waals surface area contributed by atoms with Crippen LogP contribution in [0.15, 0.2) is 0 Å². The first-order chi connectivity index (χ1) is 7.83. The number of hydrogen-bond acceptors (Lipinski definition) is 4. The van der Waals surface area contributed by atoms with E-state index in [1.165, 1.54) is 0 Å². The van der Waals surface area contributed by atoms with Crippen LogP contribution in [0.3, 0.4) is 0 Å². The van der Waals surface area contributed by atoms with Crippen LogP contribution >= 0.6 is 12.4 Å². The summed E-state index contributed by atoms with van der Waals surface area (Å²) in [6.07, 6.45) is 3.80. The van der Waals surface area contributed by atoms with Gasteiger partial charge in [-0.3, -0.25) is 9.69 Å². The van der Waals surface area contributed by atoms with E-state index in [0.29, 0.717) is 13.0 Å². The summed E-state index contributed by atoms with van der Waals surface area (Å²) in [5, 5.41) is 3.30. The van der Waals surface area contributed by atoms with Gasteiger partial charge in [0.15, 0.2) is 0 Å². The Kier molecular flexibility index (Phi) is 10.6. The molecule has 0 saturated carbocycles. The molecule has 0 bridgehead atoms. The van der Waals surface area contributed by atoms with Crippen LogP contribution < -0.4 is 5.32 Å². The molecule has 1 rings (SSSR count). The van der Waals surface area contributed by atoms with Crippen molar-refractivity contribution < 1.29 is 9.53 Å². The molecule has 0 atom stereocenters. The lowest BCUT2D eigenvalue weighted by Crippen LogP contribution is -2.44. The van der Waals surface area contributed by atoms with Crippen molar-refractivity contribution in [3.05, 3.63) is 0 Å². The van der Waals surface area contributed by atoms with Gasteiger partial charge in [0, 0.05) is 39.1 Å². The van der Waals surface area contributed by atoms with Crippen molar-refractivity contribution in [3.63, 3.8) is 0 Å². The van der Waals surface area contributed by atoms with E-state index in [1.54, 1.807) is 0 Å². The highest BCUT2D eigenvalue weighted by atomic mass is 35.5. The van der Waals surface area contributed by atoms with Crippen molar-refractivity contribution in [1.82, 2.24) is 10.2 Å². The first-order valence-corrected chi connectivity index (χ1v) is 6.41. The third-order valence-corrected chi connectivity index (χ3v) is 2.86. The van der Waals surface area contributed by atoms with E-state index in [2.05, 4.69) is 17.1 Å². The van der Waals surface area contributed by atoms with Crippen LogP contribution in [0, 0.1) is 0 Å². The van der Waals surface area contributed by atoms with Gasteiger partial charge < -0.3 is 10.1 Å². The fourth-order valence-corrected chi connectivity index (χ4v) is 1.81. The van der Waals surface area contributed by atoms with Crippen LogP contribution in [-0.2, 0) is 9.53 Å². The van der Waals surface area contributed by atoms with Gasteiger partial charge in [-0.2, -0.15) is 0 Å². The van der Waals surface area contributed by atoms with Crippen molar-refractivity contribution in [1.29, 1.82) is 0 Å². The van der Waals surface area contributed by atoms with Crippen molar-refractivity contribution in [2.75, 3.05) is 39.3 Å². The zero-order valence-electron chi connectivity index (χ0n) is 10.7. The molecule has 17 heavy (non-hydrogen) atoms. The van der Waals surface area contributed by atoms with Gasteiger partial charge in [-0.25, -0.2) is 0 Å². The van der Waals surface area contributed by atoms with E-state index >= 15 is 0 Å². The van der Waals surface area contributed by atoms with Gasteiger partial charge >= 0.3 is 5.97 Å². The summed E-state index contributed by atoms with van der Waals surface area (Å²) in [5.74, 6) is -0.0383. The number of rotatable bonds is 7. The van der Waals surface area contributed by atoms with Crippen molar-refractivity contribution in [3.8, 4) is 0 Å². The lowest BCUT2D eigenvalue weighted by molar-refractivity contribution is -0.144. The molecule has 1 aliphatic rings. The third kappa shape index (κ3) is 8.41. The smallest absolute Gasteiger partial charge is 0.305 e. The van der Waals surface area contributed by atoms with Crippen LogP contribution in [0.1, 0.15) is 32.6 Å². The fourth-order valence-electron chi connectivity index (χ4n) is 1.81. The number of nitrogens with zero attached hydrogens (tertiary/aromatic N) is 1. The minimum atomic E-state index is -0.0383. The molecule has 0 aromatic heterocycles. The zero-order valence-corrected chi connectivity index (χ0v) is 11.6. The maximum atomic E-state index is 11.3. The third-order valence-electron chi connectivity index (χ3n) is 2.86. The molecular formula is C12H25ClN2O2. The molecule has 0 radical (unpaired) electrons. The molecule has 0 spiro atoms. The molecule has 1 fully saturated rings. The van der Waals surface area contributed by atoms with Crippen LogP contribution in [0.2, 0.25) is 0 Å². The summed E-state index contributed by atoms with van der Waals surface area (Å²) in [5.41, 5.74) is 0. The Hall–Kier alpha value is -0.320. The Labute approximate surface area is 110 Å². The van der Waals surface area contributed by atoms with Gasteiger partial charge in [-0.05, 0) is 6.42 Å². The molecule has 5 heteroatoms. The molecule has 0 amide bonds. The van der Waals surface area contributed by atoms with Gasteiger partial charge in [-0.15, -0.1) is 12.4 Å². The Balaban J connectivity index is 0.00000256. The van der Waals surface area contributed by atoms with Crippen molar-refractivity contribution in [2.45, 2.75) is 32.6 Å². The first-order valence-electron chi connectivity index (χ1n) is 6.41. The maximum Gasteiger partial charge on any atom is 0.305 e. The number of nitrogens with one attached hydrogen (secondary N) is 1. The molecule has 102 valence electrons. The van der Waals surface area contributed by atoms with Crippen LogP contribution in [0.25, 0.3) is 0 Å². The number of halogens is 1. The summed E-state index contributed by atoms with van der Waals surface area (Å²) in [4.78, 5) is 13.6. The Bertz CT molecular complexity index is 197. The molecule has 0 unspecified atom stereocenters. The number of esters is 1. The second kappa shape index (κ2) is 10.8. The van der Waals surface area contributed by atoms with E-state index in [9.17, 15) is 4.79 Å². The summed E-state index contributed by atoms with van der Waals surface area (Å²) < 4.78 is 5.19. The second-order valence-electron chi connectivity index (χ2n) is 4.27. The van der Waals surface area contributed by atoms with E-state index in [-0.39, 0.29) is 18.4 Å². The summed E-state index contributed by atoms with van der Waals surface area (Å²) in [6.45, 7) is 7.78. The normalized spacial score (nSPS) is 16.3. The minimum absolute atomic E-state index is 0. The molecule has 0 aromatic carbocycles. The molecule has 0 aliphatic carbocycles. The highest BCUT2D eigenvalue weighted by Crippen LogP contribution is 2.00. The average molecular weight is 265 g/mol.